The van der Waals surface area contributed by atoms with Gasteiger partial charge in [0.1, 0.15) is 5.82 Å². The van der Waals surface area contributed by atoms with Crippen LogP contribution in [0.15, 0.2) is 66.9 Å². The normalized spacial score (nSPS) is 10.3. The molecule has 0 spiro atoms. The van der Waals surface area contributed by atoms with Gasteiger partial charge in [0, 0.05) is 19.3 Å². The van der Waals surface area contributed by atoms with Crippen molar-refractivity contribution in [2.45, 2.75) is 13.0 Å². The molecule has 0 radical (unpaired) electrons. The van der Waals surface area contributed by atoms with E-state index in [1.165, 1.54) is 0 Å². The third kappa shape index (κ3) is 5.48. The molecule has 0 saturated heterocycles. The van der Waals surface area contributed by atoms with Crippen LogP contribution in [0, 0.1) is 0 Å². The van der Waals surface area contributed by atoms with E-state index in [0.717, 1.165) is 17.5 Å². The molecule has 0 aliphatic rings. The smallest absolute Gasteiger partial charge is 0.255 e. The first kappa shape index (κ1) is 20.2. The molecule has 29 heavy (non-hydrogen) atoms. The Hall–Kier alpha value is -3.54. The second-order valence-electron chi connectivity index (χ2n) is 6.43. The predicted molar refractivity (Wildman–Crippen MR) is 114 cm³/mol. The fourth-order valence-corrected chi connectivity index (χ4v) is 2.96. The highest BCUT2D eigenvalue weighted by Crippen LogP contribution is 2.27. The van der Waals surface area contributed by atoms with E-state index < -0.39 is 0 Å². The van der Waals surface area contributed by atoms with Gasteiger partial charge < -0.3 is 20.1 Å². The minimum atomic E-state index is -0.157. The molecule has 0 saturated carbocycles. The summed E-state index contributed by atoms with van der Waals surface area (Å²) in [7, 11) is 3.23. The van der Waals surface area contributed by atoms with Gasteiger partial charge in [0.2, 0.25) is 0 Å². The van der Waals surface area contributed by atoms with Crippen LogP contribution < -0.4 is 20.1 Å². The Morgan fingerprint density at radius 2 is 1.72 bits per heavy atom. The maximum atomic E-state index is 12.6. The average Bonchev–Trinajstić information content (AvgIpc) is 2.78. The van der Waals surface area contributed by atoms with Crippen molar-refractivity contribution in [3.63, 3.8) is 0 Å². The van der Waals surface area contributed by atoms with Gasteiger partial charge in [-0.25, -0.2) is 4.98 Å². The molecule has 2 aromatic carbocycles. The number of hydrogen-bond acceptors (Lipinski definition) is 5. The minimum absolute atomic E-state index is 0.157. The zero-order valence-corrected chi connectivity index (χ0v) is 16.6. The van der Waals surface area contributed by atoms with E-state index in [0.29, 0.717) is 36.0 Å². The van der Waals surface area contributed by atoms with Crippen LogP contribution in [0.1, 0.15) is 21.5 Å². The van der Waals surface area contributed by atoms with Crippen LogP contribution in [-0.2, 0) is 13.0 Å². The quantitative estimate of drug-likeness (QED) is 0.582. The summed E-state index contributed by atoms with van der Waals surface area (Å²) in [6, 6.07) is 19.2. The van der Waals surface area contributed by atoms with Crippen LogP contribution in [0.25, 0.3) is 0 Å². The highest BCUT2D eigenvalue weighted by atomic mass is 16.5. The summed E-state index contributed by atoms with van der Waals surface area (Å²) >= 11 is 0. The molecule has 0 aliphatic heterocycles. The number of benzene rings is 2. The van der Waals surface area contributed by atoms with E-state index in [4.69, 9.17) is 9.47 Å². The summed E-state index contributed by atoms with van der Waals surface area (Å²) in [4.78, 5) is 16.9. The van der Waals surface area contributed by atoms with Crippen molar-refractivity contribution in [3.05, 3.63) is 83.6 Å². The lowest BCUT2D eigenvalue weighted by Crippen LogP contribution is -2.24. The number of carbonyl (C=O) groups is 1. The van der Waals surface area contributed by atoms with Crippen molar-refractivity contribution in [2.75, 3.05) is 26.1 Å². The Morgan fingerprint density at radius 3 is 2.48 bits per heavy atom. The van der Waals surface area contributed by atoms with Gasteiger partial charge in [-0.05, 0) is 41.8 Å². The summed E-state index contributed by atoms with van der Waals surface area (Å²) in [5.41, 5.74) is 2.67. The number of carbonyl (C=O) groups excluding carboxylic acids is 1. The Kier molecular flexibility index (Phi) is 7.05. The number of ether oxygens (including phenoxy) is 2. The number of rotatable bonds is 9. The van der Waals surface area contributed by atoms with Gasteiger partial charge in [-0.1, -0.05) is 36.4 Å². The highest BCUT2D eigenvalue weighted by molar-refractivity contribution is 5.98. The van der Waals surface area contributed by atoms with Crippen molar-refractivity contribution in [3.8, 4) is 11.5 Å². The monoisotopic (exact) mass is 391 g/mol. The van der Waals surface area contributed by atoms with Crippen LogP contribution in [0.2, 0.25) is 0 Å². The molecular weight excluding hydrogens is 366 g/mol. The maximum absolute atomic E-state index is 12.6. The summed E-state index contributed by atoms with van der Waals surface area (Å²) in [6.07, 6.45) is 2.43. The molecule has 0 unspecified atom stereocenters. The molecule has 2 N–H and O–H groups in total. The Labute approximate surface area is 170 Å². The third-order valence-corrected chi connectivity index (χ3v) is 4.50. The van der Waals surface area contributed by atoms with Gasteiger partial charge in [-0.3, -0.25) is 4.79 Å². The molecule has 1 aromatic heterocycles. The van der Waals surface area contributed by atoms with Gasteiger partial charge in [-0.2, -0.15) is 0 Å². The molecule has 0 atom stereocenters. The van der Waals surface area contributed by atoms with Gasteiger partial charge in [0.25, 0.3) is 5.91 Å². The fourth-order valence-electron chi connectivity index (χ4n) is 2.96. The van der Waals surface area contributed by atoms with Gasteiger partial charge in [0.05, 0.1) is 19.8 Å². The number of aromatic nitrogens is 1. The maximum Gasteiger partial charge on any atom is 0.255 e. The molecule has 1 heterocycles. The molecule has 6 heteroatoms. The first-order chi connectivity index (χ1) is 14.2. The topological polar surface area (TPSA) is 72.5 Å². The lowest BCUT2D eigenvalue weighted by molar-refractivity contribution is 0.0951. The van der Waals surface area contributed by atoms with Crippen LogP contribution in [0.3, 0.4) is 0 Å². The third-order valence-electron chi connectivity index (χ3n) is 4.50. The summed E-state index contributed by atoms with van der Waals surface area (Å²) in [6.45, 7) is 1.10. The van der Waals surface area contributed by atoms with Crippen LogP contribution in [0.4, 0.5) is 5.82 Å². The lowest BCUT2D eigenvalue weighted by Gasteiger charge is -2.12. The molecule has 3 aromatic rings. The van der Waals surface area contributed by atoms with E-state index in [9.17, 15) is 4.79 Å². The number of methoxy groups -OCH3 is 2. The first-order valence-electron chi connectivity index (χ1n) is 9.43. The average molecular weight is 391 g/mol. The van der Waals surface area contributed by atoms with Crippen molar-refractivity contribution >= 4 is 11.7 Å². The van der Waals surface area contributed by atoms with Crippen molar-refractivity contribution in [2.24, 2.45) is 0 Å². The Morgan fingerprint density at radius 1 is 0.931 bits per heavy atom. The molecule has 0 fully saturated rings. The molecule has 150 valence electrons. The zero-order chi connectivity index (χ0) is 20.5. The van der Waals surface area contributed by atoms with E-state index in [-0.39, 0.29) is 5.91 Å². The zero-order valence-electron chi connectivity index (χ0n) is 16.6. The van der Waals surface area contributed by atoms with Crippen molar-refractivity contribution in [1.82, 2.24) is 10.3 Å². The number of hydrogen-bond donors (Lipinski definition) is 2. The van der Waals surface area contributed by atoms with E-state index >= 15 is 0 Å². The van der Waals surface area contributed by atoms with Gasteiger partial charge in [0.15, 0.2) is 11.5 Å². The Bertz CT molecular complexity index is 945. The number of nitrogens with zero attached hydrogens (tertiary/aromatic N) is 1. The number of nitrogens with one attached hydrogen (secondary N) is 2. The Balaban J connectivity index is 1.60. The molecule has 0 bridgehead atoms. The molecular formula is C23H25N3O3. The lowest BCUT2D eigenvalue weighted by atomic mass is 10.1. The van der Waals surface area contributed by atoms with Crippen LogP contribution in [-0.4, -0.2) is 31.7 Å². The molecule has 0 aliphatic carbocycles. The largest absolute Gasteiger partial charge is 0.493 e. The van der Waals surface area contributed by atoms with Crippen molar-refractivity contribution < 1.29 is 14.3 Å². The predicted octanol–water partition coefficient (Wildman–Crippen LogP) is 3.68. The number of pyridine rings is 1. The fraction of sp³-hybridized carbons (Fsp3) is 0.217. The summed E-state index contributed by atoms with van der Waals surface area (Å²) in [5, 5.41) is 6.21. The SMILES string of the molecule is COc1ccc(CCNc2ncccc2C(=O)NCc2ccccc2)cc1OC. The van der Waals surface area contributed by atoms with Gasteiger partial charge >= 0.3 is 0 Å². The molecule has 3 rings (SSSR count). The van der Waals surface area contributed by atoms with Crippen LogP contribution >= 0.6 is 0 Å². The second-order valence-corrected chi connectivity index (χ2v) is 6.43. The van der Waals surface area contributed by atoms with E-state index in [2.05, 4.69) is 15.6 Å². The number of amides is 1. The van der Waals surface area contributed by atoms with Crippen LogP contribution in [0.5, 0.6) is 11.5 Å². The second kappa shape index (κ2) is 10.1. The molecule has 1 amide bonds. The standard InChI is InChI=1S/C23H25N3O3/c1-28-20-11-10-17(15-21(20)29-2)12-14-25-22-19(9-6-13-24-22)23(27)26-16-18-7-4-3-5-8-18/h3-11,13,15H,12,14,16H2,1-2H3,(H,24,25)(H,26,27). The molecule has 6 nitrogen and oxygen atoms in total. The van der Waals surface area contributed by atoms with E-state index in [1.54, 1.807) is 32.5 Å². The first-order valence-corrected chi connectivity index (χ1v) is 9.43. The van der Waals surface area contributed by atoms with Crippen molar-refractivity contribution in [1.29, 1.82) is 0 Å². The van der Waals surface area contributed by atoms with Gasteiger partial charge in [-0.15, -0.1) is 0 Å². The number of anilines is 1. The van der Waals surface area contributed by atoms with E-state index in [1.807, 2.05) is 48.5 Å². The minimum Gasteiger partial charge on any atom is -0.493 e. The highest BCUT2D eigenvalue weighted by Gasteiger charge is 2.12. The summed E-state index contributed by atoms with van der Waals surface area (Å²) in [5.74, 6) is 1.81. The summed E-state index contributed by atoms with van der Waals surface area (Å²) < 4.78 is 10.6.